The molecular weight excluding hydrogens is 348 g/mol. The molecule has 1 aliphatic heterocycles. The second kappa shape index (κ2) is 5.50. The number of carbonyl (C=O) groups is 1. The SMILES string of the molecule is NC1CCN(C(=O)c2cc(Br)cc(Br)c2)CC1. The predicted molar refractivity (Wildman–Crippen MR) is 75.0 cm³/mol. The van der Waals surface area contributed by atoms with E-state index >= 15 is 0 Å². The van der Waals surface area contributed by atoms with Crippen molar-refractivity contribution < 1.29 is 4.79 Å². The number of amides is 1. The average Bonchev–Trinajstić information content (AvgIpc) is 2.28. The molecule has 0 atom stereocenters. The van der Waals surface area contributed by atoms with Gasteiger partial charge in [0, 0.05) is 33.6 Å². The number of nitrogens with zero attached hydrogens (tertiary/aromatic N) is 1. The summed E-state index contributed by atoms with van der Waals surface area (Å²) in [6.45, 7) is 1.51. The molecule has 5 heteroatoms. The Bertz CT molecular complexity index is 408. The van der Waals surface area contributed by atoms with Gasteiger partial charge in [-0.1, -0.05) is 31.9 Å². The summed E-state index contributed by atoms with van der Waals surface area (Å²) in [4.78, 5) is 14.1. The van der Waals surface area contributed by atoms with Crippen molar-refractivity contribution in [2.24, 2.45) is 5.73 Å². The van der Waals surface area contributed by atoms with Gasteiger partial charge in [0.1, 0.15) is 0 Å². The van der Waals surface area contributed by atoms with Crippen LogP contribution in [0, 0.1) is 0 Å². The van der Waals surface area contributed by atoms with Gasteiger partial charge in [-0.2, -0.15) is 0 Å². The Hall–Kier alpha value is -0.390. The third-order valence-corrected chi connectivity index (χ3v) is 3.85. The molecule has 0 spiro atoms. The van der Waals surface area contributed by atoms with Gasteiger partial charge in [0.25, 0.3) is 5.91 Å². The highest BCUT2D eigenvalue weighted by Gasteiger charge is 2.21. The molecule has 1 saturated heterocycles. The first-order valence-electron chi connectivity index (χ1n) is 5.57. The molecule has 92 valence electrons. The minimum absolute atomic E-state index is 0.0823. The van der Waals surface area contributed by atoms with Gasteiger partial charge in [-0.15, -0.1) is 0 Å². The van der Waals surface area contributed by atoms with E-state index in [1.807, 2.05) is 23.1 Å². The van der Waals surface area contributed by atoms with Crippen LogP contribution in [0.15, 0.2) is 27.1 Å². The second-order valence-electron chi connectivity index (χ2n) is 4.29. The van der Waals surface area contributed by atoms with E-state index in [0.29, 0.717) is 5.56 Å². The fraction of sp³-hybridized carbons (Fsp3) is 0.417. The van der Waals surface area contributed by atoms with Crippen LogP contribution in [0.5, 0.6) is 0 Å². The quantitative estimate of drug-likeness (QED) is 0.835. The molecule has 1 heterocycles. The molecule has 2 rings (SSSR count). The number of hydrogen-bond donors (Lipinski definition) is 1. The normalized spacial score (nSPS) is 17.2. The summed E-state index contributed by atoms with van der Waals surface area (Å²) < 4.78 is 1.81. The van der Waals surface area contributed by atoms with Crippen molar-refractivity contribution in [2.45, 2.75) is 18.9 Å². The van der Waals surface area contributed by atoms with Crippen molar-refractivity contribution in [3.63, 3.8) is 0 Å². The van der Waals surface area contributed by atoms with Crippen LogP contribution in [-0.4, -0.2) is 29.9 Å². The first kappa shape index (κ1) is 13.1. The first-order chi connectivity index (χ1) is 8.06. The maximum Gasteiger partial charge on any atom is 0.253 e. The molecule has 3 nitrogen and oxygen atoms in total. The Balaban J connectivity index is 2.14. The van der Waals surface area contributed by atoms with Gasteiger partial charge < -0.3 is 10.6 Å². The highest BCUT2D eigenvalue weighted by atomic mass is 79.9. The molecule has 1 amide bonds. The van der Waals surface area contributed by atoms with Crippen LogP contribution in [-0.2, 0) is 0 Å². The predicted octanol–water partition coefficient (Wildman–Crippen LogP) is 2.77. The molecule has 0 aliphatic carbocycles. The zero-order chi connectivity index (χ0) is 12.4. The lowest BCUT2D eigenvalue weighted by molar-refractivity contribution is 0.0714. The van der Waals surface area contributed by atoms with E-state index < -0.39 is 0 Å². The molecule has 0 aromatic heterocycles. The maximum atomic E-state index is 12.3. The lowest BCUT2D eigenvalue weighted by atomic mass is 10.1. The number of halogens is 2. The third-order valence-electron chi connectivity index (χ3n) is 2.94. The van der Waals surface area contributed by atoms with Gasteiger partial charge in [-0.3, -0.25) is 4.79 Å². The van der Waals surface area contributed by atoms with Crippen molar-refractivity contribution in [2.75, 3.05) is 13.1 Å². The number of carbonyl (C=O) groups excluding carboxylic acids is 1. The molecule has 0 saturated carbocycles. The van der Waals surface area contributed by atoms with E-state index in [4.69, 9.17) is 5.73 Å². The summed E-state index contributed by atoms with van der Waals surface area (Å²) in [7, 11) is 0. The highest BCUT2D eigenvalue weighted by Crippen LogP contribution is 2.22. The van der Waals surface area contributed by atoms with Crippen LogP contribution in [0.3, 0.4) is 0 Å². The number of hydrogen-bond acceptors (Lipinski definition) is 2. The third kappa shape index (κ3) is 3.30. The van der Waals surface area contributed by atoms with Crippen LogP contribution < -0.4 is 5.73 Å². The Morgan fingerprint density at radius 3 is 2.24 bits per heavy atom. The van der Waals surface area contributed by atoms with Gasteiger partial charge in [0.2, 0.25) is 0 Å². The van der Waals surface area contributed by atoms with Crippen molar-refractivity contribution in [1.29, 1.82) is 0 Å². The van der Waals surface area contributed by atoms with Crippen LogP contribution in [0.4, 0.5) is 0 Å². The minimum Gasteiger partial charge on any atom is -0.339 e. The van der Waals surface area contributed by atoms with E-state index in [1.165, 1.54) is 0 Å². The zero-order valence-electron chi connectivity index (χ0n) is 9.33. The monoisotopic (exact) mass is 360 g/mol. The standard InChI is InChI=1S/C12H14Br2N2O/c13-9-5-8(6-10(14)7-9)12(17)16-3-1-11(15)2-4-16/h5-7,11H,1-4,15H2. The van der Waals surface area contributed by atoms with Gasteiger partial charge in [-0.05, 0) is 31.0 Å². The molecule has 1 aromatic rings. The molecule has 2 N–H and O–H groups in total. The minimum atomic E-state index is 0.0823. The lowest BCUT2D eigenvalue weighted by Gasteiger charge is -2.30. The Morgan fingerprint density at radius 1 is 1.18 bits per heavy atom. The summed E-state index contributed by atoms with van der Waals surface area (Å²) in [5.41, 5.74) is 6.54. The summed E-state index contributed by atoms with van der Waals surface area (Å²) in [6.07, 6.45) is 1.78. The van der Waals surface area contributed by atoms with Crippen molar-refractivity contribution in [1.82, 2.24) is 4.90 Å². The molecule has 0 radical (unpaired) electrons. The fourth-order valence-electron chi connectivity index (χ4n) is 1.96. The zero-order valence-corrected chi connectivity index (χ0v) is 12.5. The summed E-state index contributed by atoms with van der Waals surface area (Å²) >= 11 is 6.79. The van der Waals surface area contributed by atoms with Crippen LogP contribution >= 0.6 is 31.9 Å². The van der Waals surface area contributed by atoms with Crippen LogP contribution in [0.1, 0.15) is 23.2 Å². The van der Waals surface area contributed by atoms with Crippen molar-refractivity contribution >= 4 is 37.8 Å². The number of benzene rings is 1. The molecule has 1 aliphatic rings. The number of likely N-dealkylation sites (tertiary alicyclic amines) is 1. The average molecular weight is 362 g/mol. The summed E-state index contributed by atoms with van der Waals surface area (Å²) in [6, 6.07) is 5.86. The Kier molecular flexibility index (Phi) is 4.22. The van der Waals surface area contributed by atoms with Crippen molar-refractivity contribution in [3.8, 4) is 0 Å². The van der Waals surface area contributed by atoms with E-state index in [0.717, 1.165) is 34.9 Å². The molecule has 17 heavy (non-hydrogen) atoms. The summed E-state index contributed by atoms with van der Waals surface area (Å²) in [5, 5.41) is 0. The lowest BCUT2D eigenvalue weighted by Crippen LogP contribution is -2.42. The second-order valence-corrected chi connectivity index (χ2v) is 6.12. The molecule has 1 fully saturated rings. The number of piperidine rings is 1. The molecule has 0 unspecified atom stereocenters. The topological polar surface area (TPSA) is 46.3 Å². The van der Waals surface area contributed by atoms with E-state index in [-0.39, 0.29) is 11.9 Å². The fourth-order valence-corrected chi connectivity index (χ4v) is 3.26. The summed E-state index contributed by atoms with van der Waals surface area (Å²) in [5.74, 6) is 0.0823. The Morgan fingerprint density at radius 2 is 1.71 bits per heavy atom. The van der Waals surface area contributed by atoms with Gasteiger partial charge in [-0.25, -0.2) is 0 Å². The number of nitrogens with two attached hydrogens (primary N) is 1. The van der Waals surface area contributed by atoms with Gasteiger partial charge in [0.05, 0.1) is 0 Å². The highest BCUT2D eigenvalue weighted by molar-refractivity contribution is 9.11. The van der Waals surface area contributed by atoms with Gasteiger partial charge >= 0.3 is 0 Å². The smallest absolute Gasteiger partial charge is 0.253 e. The maximum absolute atomic E-state index is 12.3. The molecular formula is C12H14Br2N2O. The van der Waals surface area contributed by atoms with Crippen LogP contribution in [0.2, 0.25) is 0 Å². The van der Waals surface area contributed by atoms with E-state index in [9.17, 15) is 4.79 Å². The van der Waals surface area contributed by atoms with Crippen molar-refractivity contribution in [3.05, 3.63) is 32.7 Å². The molecule has 1 aromatic carbocycles. The van der Waals surface area contributed by atoms with E-state index in [2.05, 4.69) is 31.9 Å². The van der Waals surface area contributed by atoms with Gasteiger partial charge in [0.15, 0.2) is 0 Å². The number of rotatable bonds is 1. The van der Waals surface area contributed by atoms with Crippen LogP contribution in [0.25, 0.3) is 0 Å². The largest absolute Gasteiger partial charge is 0.339 e. The molecule has 0 bridgehead atoms. The first-order valence-corrected chi connectivity index (χ1v) is 7.16. The van der Waals surface area contributed by atoms with E-state index in [1.54, 1.807) is 0 Å². The Labute approximate surface area is 118 Å².